The SMILES string of the molecule is NC1CCCN1I. The number of hydrogen-bond donors (Lipinski definition) is 1. The van der Waals surface area contributed by atoms with Gasteiger partial charge in [-0.15, -0.1) is 0 Å². The highest BCUT2D eigenvalue weighted by molar-refractivity contribution is 14.1. The van der Waals surface area contributed by atoms with E-state index in [4.69, 9.17) is 5.73 Å². The van der Waals surface area contributed by atoms with E-state index in [9.17, 15) is 0 Å². The van der Waals surface area contributed by atoms with Crippen LogP contribution in [0.4, 0.5) is 0 Å². The molecule has 0 aromatic heterocycles. The van der Waals surface area contributed by atoms with Crippen LogP contribution in [0, 0.1) is 0 Å². The van der Waals surface area contributed by atoms with Crippen molar-refractivity contribution in [2.24, 2.45) is 5.73 Å². The number of nitrogens with zero attached hydrogens (tertiary/aromatic N) is 1. The minimum atomic E-state index is 0.334. The van der Waals surface area contributed by atoms with Gasteiger partial charge in [0.25, 0.3) is 0 Å². The number of hydrogen-bond acceptors (Lipinski definition) is 2. The molecule has 1 saturated heterocycles. The topological polar surface area (TPSA) is 29.3 Å². The van der Waals surface area contributed by atoms with Crippen LogP contribution < -0.4 is 5.73 Å². The summed E-state index contributed by atoms with van der Waals surface area (Å²) in [6.07, 6.45) is 2.77. The zero-order chi connectivity index (χ0) is 5.28. The van der Waals surface area contributed by atoms with Gasteiger partial charge in [0, 0.05) is 29.4 Å². The van der Waals surface area contributed by atoms with Gasteiger partial charge in [0.2, 0.25) is 0 Å². The smallest absolute Gasteiger partial charge is 0.0664 e. The van der Waals surface area contributed by atoms with E-state index in [1.54, 1.807) is 0 Å². The molecule has 3 heteroatoms. The first-order valence-corrected chi connectivity index (χ1v) is 3.45. The zero-order valence-electron chi connectivity index (χ0n) is 4.10. The van der Waals surface area contributed by atoms with Crippen molar-refractivity contribution in [2.75, 3.05) is 6.54 Å². The molecule has 1 heterocycles. The van der Waals surface area contributed by atoms with E-state index in [1.807, 2.05) is 0 Å². The maximum Gasteiger partial charge on any atom is 0.0664 e. The third-order valence-corrected chi connectivity index (χ3v) is 2.43. The van der Waals surface area contributed by atoms with Crippen LogP contribution in [0.25, 0.3) is 0 Å². The molecular formula is C4H9IN2. The van der Waals surface area contributed by atoms with E-state index < -0.39 is 0 Å². The van der Waals surface area contributed by atoms with E-state index >= 15 is 0 Å². The molecule has 1 aliphatic heterocycles. The molecule has 0 amide bonds. The lowest BCUT2D eigenvalue weighted by Crippen LogP contribution is -2.28. The van der Waals surface area contributed by atoms with Crippen molar-refractivity contribution in [3.8, 4) is 0 Å². The monoisotopic (exact) mass is 212 g/mol. The molecule has 0 radical (unpaired) electrons. The van der Waals surface area contributed by atoms with Gasteiger partial charge in [-0.05, 0) is 12.8 Å². The van der Waals surface area contributed by atoms with Crippen LogP contribution in [0.3, 0.4) is 0 Å². The summed E-state index contributed by atoms with van der Waals surface area (Å²) < 4.78 is 2.15. The molecule has 0 spiro atoms. The van der Waals surface area contributed by atoms with Gasteiger partial charge in [0.05, 0.1) is 6.17 Å². The second-order valence-electron chi connectivity index (χ2n) is 1.83. The molecule has 42 valence electrons. The third kappa shape index (κ3) is 1.27. The van der Waals surface area contributed by atoms with Crippen molar-refractivity contribution in [3.63, 3.8) is 0 Å². The number of rotatable bonds is 0. The van der Waals surface area contributed by atoms with Crippen LogP contribution in [-0.4, -0.2) is 15.8 Å². The van der Waals surface area contributed by atoms with Gasteiger partial charge in [-0.25, -0.2) is 3.11 Å². The molecule has 0 saturated carbocycles. The highest BCUT2D eigenvalue weighted by Gasteiger charge is 2.16. The molecule has 1 aliphatic rings. The average Bonchev–Trinajstić information content (AvgIpc) is 1.91. The molecule has 1 unspecified atom stereocenters. The van der Waals surface area contributed by atoms with Gasteiger partial charge in [-0.2, -0.15) is 0 Å². The molecule has 0 aromatic carbocycles. The van der Waals surface area contributed by atoms with Gasteiger partial charge >= 0.3 is 0 Å². The Morgan fingerprint density at radius 3 is 2.57 bits per heavy atom. The van der Waals surface area contributed by atoms with E-state index in [1.165, 1.54) is 19.4 Å². The first-order valence-electron chi connectivity index (χ1n) is 2.49. The third-order valence-electron chi connectivity index (χ3n) is 1.23. The number of halogens is 1. The van der Waals surface area contributed by atoms with Crippen molar-refractivity contribution >= 4 is 22.9 Å². The lowest BCUT2D eigenvalue weighted by molar-refractivity contribution is 0.484. The Hall–Kier alpha value is 0.650. The molecule has 0 aromatic rings. The second kappa shape index (κ2) is 2.28. The van der Waals surface area contributed by atoms with Crippen LogP contribution >= 0.6 is 22.9 Å². The predicted octanol–water partition coefficient (Wildman–Crippen LogP) is 0.717. The Morgan fingerprint density at radius 2 is 2.43 bits per heavy atom. The Bertz CT molecular complexity index is 58.7. The highest BCUT2D eigenvalue weighted by atomic mass is 127. The molecule has 2 nitrogen and oxygen atoms in total. The van der Waals surface area contributed by atoms with E-state index in [-0.39, 0.29) is 0 Å². The zero-order valence-corrected chi connectivity index (χ0v) is 6.26. The van der Waals surface area contributed by atoms with E-state index in [0.29, 0.717) is 6.17 Å². The minimum Gasteiger partial charge on any atom is -0.315 e. The summed E-state index contributed by atoms with van der Waals surface area (Å²) >= 11 is 2.27. The molecular weight excluding hydrogens is 203 g/mol. The lowest BCUT2D eigenvalue weighted by Gasteiger charge is -2.09. The van der Waals surface area contributed by atoms with E-state index in [2.05, 4.69) is 26.0 Å². The fourth-order valence-corrected chi connectivity index (χ4v) is 1.38. The first kappa shape index (κ1) is 5.78. The Labute approximate surface area is 57.5 Å². The van der Waals surface area contributed by atoms with Gasteiger partial charge < -0.3 is 5.73 Å². The molecule has 0 aliphatic carbocycles. The largest absolute Gasteiger partial charge is 0.315 e. The summed E-state index contributed by atoms with van der Waals surface area (Å²) in [7, 11) is 0. The molecule has 1 fully saturated rings. The summed E-state index contributed by atoms with van der Waals surface area (Å²) in [5, 5.41) is 0. The fraction of sp³-hybridized carbons (Fsp3) is 1.00. The maximum atomic E-state index is 5.60. The predicted molar refractivity (Wildman–Crippen MR) is 37.9 cm³/mol. The first-order chi connectivity index (χ1) is 3.30. The summed E-state index contributed by atoms with van der Waals surface area (Å²) in [4.78, 5) is 0. The van der Waals surface area contributed by atoms with Gasteiger partial charge in [-0.3, -0.25) is 0 Å². The quantitative estimate of drug-likeness (QED) is 0.473. The normalized spacial score (nSPS) is 34.3. The van der Waals surface area contributed by atoms with Crippen LogP contribution in [0.15, 0.2) is 0 Å². The van der Waals surface area contributed by atoms with Crippen LogP contribution in [-0.2, 0) is 0 Å². The van der Waals surface area contributed by atoms with Crippen molar-refractivity contribution in [1.29, 1.82) is 0 Å². The average molecular weight is 212 g/mol. The van der Waals surface area contributed by atoms with E-state index in [0.717, 1.165) is 0 Å². The van der Waals surface area contributed by atoms with Crippen molar-refractivity contribution < 1.29 is 0 Å². The summed E-state index contributed by atoms with van der Waals surface area (Å²) in [6, 6.07) is 0. The van der Waals surface area contributed by atoms with Crippen molar-refractivity contribution in [2.45, 2.75) is 19.0 Å². The van der Waals surface area contributed by atoms with Gasteiger partial charge in [0.1, 0.15) is 0 Å². The minimum absolute atomic E-state index is 0.334. The van der Waals surface area contributed by atoms with Crippen molar-refractivity contribution in [1.82, 2.24) is 3.11 Å². The van der Waals surface area contributed by atoms with Gasteiger partial charge in [-0.1, -0.05) is 0 Å². The Kier molecular flexibility index (Phi) is 1.88. The van der Waals surface area contributed by atoms with Gasteiger partial charge in [0.15, 0.2) is 0 Å². The molecule has 1 rings (SSSR count). The molecule has 7 heavy (non-hydrogen) atoms. The summed E-state index contributed by atoms with van der Waals surface area (Å²) in [5.74, 6) is 0. The molecule has 2 N–H and O–H groups in total. The highest BCUT2D eigenvalue weighted by Crippen LogP contribution is 2.15. The Balaban J connectivity index is 2.33. The summed E-state index contributed by atoms with van der Waals surface area (Å²) in [6.45, 7) is 1.17. The molecule has 0 bridgehead atoms. The Morgan fingerprint density at radius 1 is 1.71 bits per heavy atom. The number of nitrogens with two attached hydrogens (primary N) is 1. The van der Waals surface area contributed by atoms with Crippen molar-refractivity contribution in [3.05, 3.63) is 0 Å². The van der Waals surface area contributed by atoms with Crippen LogP contribution in [0.5, 0.6) is 0 Å². The van der Waals surface area contributed by atoms with Crippen LogP contribution in [0.2, 0.25) is 0 Å². The summed E-state index contributed by atoms with van der Waals surface area (Å²) in [5.41, 5.74) is 5.60. The second-order valence-corrected chi connectivity index (χ2v) is 3.07. The lowest BCUT2D eigenvalue weighted by atomic mass is 10.3. The maximum absolute atomic E-state index is 5.60. The molecule has 1 atom stereocenters. The fourth-order valence-electron chi connectivity index (χ4n) is 0.757. The standard InChI is InChI=1S/C4H9IN2/c5-7-3-1-2-4(7)6/h4H,1-3,6H2. The van der Waals surface area contributed by atoms with Crippen LogP contribution in [0.1, 0.15) is 12.8 Å².